The number of piperidine rings is 1. The summed E-state index contributed by atoms with van der Waals surface area (Å²) >= 11 is 0. The summed E-state index contributed by atoms with van der Waals surface area (Å²) in [5.74, 6) is 1.01. The van der Waals surface area contributed by atoms with Crippen LogP contribution in [0.5, 0.6) is 0 Å². The predicted molar refractivity (Wildman–Crippen MR) is 59.2 cm³/mol. The molecule has 2 rings (SSSR count). The fourth-order valence-corrected chi connectivity index (χ4v) is 2.58. The van der Waals surface area contributed by atoms with Gasteiger partial charge in [-0.1, -0.05) is 0 Å². The molecule has 1 N–H and O–H groups in total. The van der Waals surface area contributed by atoms with Crippen molar-refractivity contribution in [1.82, 2.24) is 15.3 Å². The lowest BCUT2D eigenvalue weighted by Crippen LogP contribution is -2.44. The second-order valence-electron chi connectivity index (χ2n) is 4.48. The molecule has 0 aromatic rings. The van der Waals surface area contributed by atoms with Gasteiger partial charge in [0.15, 0.2) is 0 Å². The first-order chi connectivity index (χ1) is 7.31. The first-order valence-electron chi connectivity index (χ1n) is 6.07. The van der Waals surface area contributed by atoms with Crippen molar-refractivity contribution in [1.29, 1.82) is 0 Å². The molecule has 1 amide bonds. The maximum atomic E-state index is 11.5. The van der Waals surface area contributed by atoms with Gasteiger partial charge in [0.25, 0.3) is 0 Å². The fourth-order valence-electron chi connectivity index (χ4n) is 2.58. The van der Waals surface area contributed by atoms with Gasteiger partial charge in [-0.05, 0) is 38.8 Å². The molecule has 0 aliphatic carbocycles. The summed E-state index contributed by atoms with van der Waals surface area (Å²) in [6.45, 7) is 7.11. The monoisotopic (exact) mass is 211 g/mol. The molecule has 1 atom stereocenters. The maximum Gasteiger partial charge on any atom is 0.238 e. The van der Waals surface area contributed by atoms with Crippen molar-refractivity contribution in [2.24, 2.45) is 5.92 Å². The van der Waals surface area contributed by atoms with E-state index < -0.39 is 0 Å². The third-order valence-electron chi connectivity index (χ3n) is 3.38. The molecule has 2 heterocycles. The van der Waals surface area contributed by atoms with Crippen LogP contribution in [0.3, 0.4) is 0 Å². The van der Waals surface area contributed by atoms with Crippen molar-refractivity contribution in [3.05, 3.63) is 0 Å². The maximum absolute atomic E-state index is 11.5. The largest absolute Gasteiger partial charge is 0.316 e. The van der Waals surface area contributed by atoms with E-state index in [2.05, 4.69) is 17.2 Å². The van der Waals surface area contributed by atoms with Crippen LogP contribution in [0.2, 0.25) is 0 Å². The highest BCUT2D eigenvalue weighted by Gasteiger charge is 2.29. The summed E-state index contributed by atoms with van der Waals surface area (Å²) in [4.78, 5) is 11.5. The minimum Gasteiger partial charge on any atom is -0.316 e. The van der Waals surface area contributed by atoms with E-state index in [1.807, 2.05) is 5.01 Å². The minimum atomic E-state index is 0.293. The quantitative estimate of drug-likeness (QED) is 0.736. The lowest BCUT2D eigenvalue weighted by Gasteiger charge is -2.32. The second-order valence-corrected chi connectivity index (χ2v) is 4.48. The standard InChI is InChI=1S/C11H21N3O/c1-2-14-11(15)5-7-13(14)9-10-4-3-6-12-8-10/h10,12H,2-9H2,1H3. The summed E-state index contributed by atoms with van der Waals surface area (Å²) in [6, 6.07) is 0. The van der Waals surface area contributed by atoms with Crippen LogP contribution in [0.25, 0.3) is 0 Å². The van der Waals surface area contributed by atoms with Crippen LogP contribution >= 0.6 is 0 Å². The number of hydrogen-bond donors (Lipinski definition) is 1. The zero-order valence-electron chi connectivity index (χ0n) is 9.54. The van der Waals surface area contributed by atoms with E-state index >= 15 is 0 Å². The molecule has 0 radical (unpaired) electrons. The van der Waals surface area contributed by atoms with Crippen molar-refractivity contribution in [3.63, 3.8) is 0 Å². The Kier molecular flexibility index (Phi) is 3.59. The number of carbonyl (C=O) groups is 1. The Bertz CT molecular complexity index is 226. The number of hydrazine groups is 1. The van der Waals surface area contributed by atoms with Crippen LogP contribution in [0, 0.1) is 5.92 Å². The Morgan fingerprint density at radius 2 is 2.40 bits per heavy atom. The van der Waals surface area contributed by atoms with Crippen LogP contribution in [-0.2, 0) is 4.79 Å². The summed E-state index contributed by atoms with van der Waals surface area (Å²) in [5.41, 5.74) is 0. The van der Waals surface area contributed by atoms with E-state index in [-0.39, 0.29) is 0 Å². The van der Waals surface area contributed by atoms with Gasteiger partial charge in [0.05, 0.1) is 0 Å². The number of nitrogens with one attached hydrogen (secondary N) is 1. The van der Waals surface area contributed by atoms with Crippen LogP contribution in [-0.4, -0.2) is 48.6 Å². The Morgan fingerprint density at radius 3 is 3.07 bits per heavy atom. The molecule has 1 unspecified atom stereocenters. The molecule has 0 aromatic carbocycles. The summed E-state index contributed by atoms with van der Waals surface area (Å²) in [6.07, 6.45) is 3.28. The van der Waals surface area contributed by atoms with Crippen molar-refractivity contribution in [3.8, 4) is 0 Å². The number of carbonyl (C=O) groups excluding carboxylic acids is 1. The number of nitrogens with zero attached hydrogens (tertiary/aromatic N) is 2. The van der Waals surface area contributed by atoms with Crippen molar-refractivity contribution >= 4 is 5.91 Å². The summed E-state index contributed by atoms with van der Waals surface area (Å²) in [5, 5.41) is 7.57. The van der Waals surface area contributed by atoms with Crippen molar-refractivity contribution in [2.45, 2.75) is 26.2 Å². The molecule has 4 heteroatoms. The third-order valence-corrected chi connectivity index (χ3v) is 3.38. The van der Waals surface area contributed by atoms with E-state index in [9.17, 15) is 4.79 Å². The number of hydrogen-bond acceptors (Lipinski definition) is 3. The van der Waals surface area contributed by atoms with E-state index in [0.29, 0.717) is 12.3 Å². The highest BCUT2D eigenvalue weighted by atomic mass is 16.2. The Labute approximate surface area is 91.6 Å². The van der Waals surface area contributed by atoms with E-state index in [1.54, 1.807) is 0 Å². The van der Waals surface area contributed by atoms with Gasteiger partial charge in [-0.3, -0.25) is 9.80 Å². The molecule has 2 fully saturated rings. The lowest BCUT2D eigenvalue weighted by atomic mass is 9.99. The van der Waals surface area contributed by atoms with Gasteiger partial charge in [0.1, 0.15) is 0 Å². The first kappa shape index (κ1) is 10.9. The molecule has 4 nitrogen and oxygen atoms in total. The van der Waals surface area contributed by atoms with Gasteiger partial charge in [0, 0.05) is 26.1 Å². The fraction of sp³-hybridized carbons (Fsp3) is 0.909. The molecule has 86 valence electrons. The van der Waals surface area contributed by atoms with Crippen molar-refractivity contribution in [2.75, 3.05) is 32.7 Å². The van der Waals surface area contributed by atoms with Gasteiger partial charge in [-0.2, -0.15) is 0 Å². The minimum absolute atomic E-state index is 0.293. The van der Waals surface area contributed by atoms with Crippen LogP contribution in [0.15, 0.2) is 0 Å². The molecule has 2 aliphatic rings. The Morgan fingerprint density at radius 1 is 1.53 bits per heavy atom. The van der Waals surface area contributed by atoms with E-state index in [4.69, 9.17) is 0 Å². The molecule has 2 saturated heterocycles. The van der Waals surface area contributed by atoms with E-state index in [0.717, 1.165) is 38.6 Å². The molecule has 0 bridgehead atoms. The Hall–Kier alpha value is -0.610. The Balaban J connectivity index is 1.85. The zero-order chi connectivity index (χ0) is 10.7. The first-order valence-corrected chi connectivity index (χ1v) is 6.07. The molecule has 15 heavy (non-hydrogen) atoms. The SMILES string of the molecule is CCN1C(=O)CCN1CC1CCCNC1. The highest BCUT2D eigenvalue weighted by molar-refractivity contribution is 5.77. The average molecular weight is 211 g/mol. The molecule has 2 aliphatic heterocycles. The third kappa shape index (κ3) is 2.49. The van der Waals surface area contributed by atoms with Crippen LogP contribution < -0.4 is 5.32 Å². The molecule has 0 aromatic heterocycles. The number of amides is 1. The van der Waals surface area contributed by atoms with Crippen LogP contribution in [0.4, 0.5) is 0 Å². The summed E-state index contributed by atoms with van der Waals surface area (Å²) < 4.78 is 0. The van der Waals surface area contributed by atoms with Gasteiger partial charge in [-0.25, -0.2) is 5.01 Å². The van der Waals surface area contributed by atoms with Crippen LogP contribution in [0.1, 0.15) is 26.2 Å². The normalized spacial score (nSPS) is 28.7. The smallest absolute Gasteiger partial charge is 0.238 e. The molecule has 0 saturated carbocycles. The second kappa shape index (κ2) is 4.94. The van der Waals surface area contributed by atoms with Crippen molar-refractivity contribution < 1.29 is 4.79 Å². The predicted octanol–water partition coefficient (Wildman–Crippen LogP) is 0.455. The average Bonchev–Trinajstić information content (AvgIpc) is 2.61. The topological polar surface area (TPSA) is 35.6 Å². The summed E-state index contributed by atoms with van der Waals surface area (Å²) in [7, 11) is 0. The number of rotatable bonds is 3. The van der Waals surface area contributed by atoms with Gasteiger partial charge in [0.2, 0.25) is 5.91 Å². The van der Waals surface area contributed by atoms with Gasteiger partial charge in [-0.15, -0.1) is 0 Å². The molecule has 0 spiro atoms. The van der Waals surface area contributed by atoms with Gasteiger partial charge >= 0.3 is 0 Å². The zero-order valence-corrected chi connectivity index (χ0v) is 9.54. The van der Waals surface area contributed by atoms with E-state index in [1.165, 1.54) is 12.8 Å². The van der Waals surface area contributed by atoms with Gasteiger partial charge < -0.3 is 5.32 Å². The molecular formula is C11H21N3O. The lowest BCUT2D eigenvalue weighted by molar-refractivity contribution is -0.138. The highest BCUT2D eigenvalue weighted by Crippen LogP contribution is 2.17. The molecular weight excluding hydrogens is 190 g/mol.